The Morgan fingerprint density at radius 2 is 2.08 bits per heavy atom. The second-order valence-corrected chi connectivity index (χ2v) is 6.30. The van der Waals surface area contributed by atoms with Gasteiger partial charge in [-0.2, -0.15) is 4.98 Å². The summed E-state index contributed by atoms with van der Waals surface area (Å²) in [6.45, 7) is 5.83. The van der Waals surface area contributed by atoms with E-state index in [9.17, 15) is 4.79 Å². The number of rotatable bonds is 2. The van der Waals surface area contributed by atoms with Gasteiger partial charge in [-0.15, -0.1) is 0 Å². The van der Waals surface area contributed by atoms with Crippen LogP contribution in [0.25, 0.3) is 0 Å². The molecule has 1 fully saturated rings. The zero-order valence-corrected chi connectivity index (χ0v) is 13.7. The van der Waals surface area contributed by atoms with Crippen LogP contribution in [-0.4, -0.2) is 40.1 Å². The molecule has 0 aliphatic carbocycles. The van der Waals surface area contributed by atoms with Gasteiger partial charge in [0.1, 0.15) is 0 Å². The number of fused-ring (bicyclic) bond motifs is 1. The normalized spacial score (nSPS) is 23.3. The van der Waals surface area contributed by atoms with Crippen LogP contribution in [-0.2, 0) is 22.7 Å². The fourth-order valence-corrected chi connectivity index (χ4v) is 3.19. The van der Waals surface area contributed by atoms with Crippen LogP contribution >= 0.6 is 0 Å². The van der Waals surface area contributed by atoms with E-state index in [-0.39, 0.29) is 12.0 Å². The molecule has 3 heterocycles. The molecule has 2 aliphatic heterocycles. The molecule has 0 spiro atoms. The lowest BCUT2D eigenvalue weighted by Gasteiger charge is -2.35. The molecule has 1 aromatic carbocycles. The van der Waals surface area contributed by atoms with Gasteiger partial charge in [0.2, 0.25) is 0 Å². The van der Waals surface area contributed by atoms with Crippen LogP contribution in [0.1, 0.15) is 46.2 Å². The first kappa shape index (κ1) is 15.3. The van der Waals surface area contributed by atoms with E-state index >= 15 is 0 Å². The summed E-state index contributed by atoms with van der Waals surface area (Å²) >= 11 is 0. The first-order valence-electron chi connectivity index (χ1n) is 8.04. The Hall–Kier alpha value is -2.25. The standard InChI is InChI=1S/C17H19N3O4/c1-10-6-20(7-15(23-10)16-18-11(2)19-24-16)17(21)12-3-4-13-8-22-9-14(13)5-12/h3-5,10,15H,6-9H2,1-2H3/t10-,15-/m1/s1. The number of hydrogen-bond donors (Lipinski definition) is 0. The van der Waals surface area contributed by atoms with Crippen molar-refractivity contribution >= 4 is 5.91 Å². The van der Waals surface area contributed by atoms with E-state index < -0.39 is 6.10 Å². The Balaban J connectivity index is 1.55. The van der Waals surface area contributed by atoms with Crippen molar-refractivity contribution in [3.8, 4) is 0 Å². The Bertz CT molecular complexity index is 773. The van der Waals surface area contributed by atoms with Gasteiger partial charge in [0.05, 0.1) is 25.9 Å². The van der Waals surface area contributed by atoms with Crippen LogP contribution in [0.15, 0.2) is 22.7 Å². The van der Waals surface area contributed by atoms with Crippen molar-refractivity contribution in [3.63, 3.8) is 0 Å². The third-order valence-electron chi connectivity index (χ3n) is 4.33. The van der Waals surface area contributed by atoms with Crippen molar-refractivity contribution in [1.29, 1.82) is 0 Å². The zero-order chi connectivity index (χ0) is 16.7. The molecular weight excluding hydrogens is 310 g/mol. The number of amides is 1. The fraction of sp³-hybridized carbons (Fsp3) is 0.471. The van der Waals surface area contributed by atoms with Crippen molar-refractivity contribution in [3.05, 3.63) is 46.6 Å². The minimum atomic E-state index is -0.392. The Labute approximate surface area is 139 Å². The SMILES string of the molecule is Cc1noc([C@H]2CN(C(=O)c3ccc4c(c3)COC4)C[C@@H](C)O2)n1. The molecule has 0 N–H and O–H groups in total. The summed E-state index contributed by atoms with van der Waals surface area (Å²) in [5.41, 5.74) is 2.92. The molecule has 7 nitrogen and oxygen atoms in total. The highest BCUT2D eigenvalue weighted by atomic mass is 16.5. The second-order valence-electron chi connectivity index (χ2n) is 6.30. The average Bonchev–Trinajstić information content (AvgIpc) is 3.21. The third-order valence-corrected chi connectivity index (χ3v) is 4.33. The highest BCUT2D eigenvalue weighted by molar-refractivity contribution is 5.94. The van der Waals surface area contributed by atoms with Crippen LogP contribution in [0, 0.1) is 6.92 Å². The number of carbonyl (C=O) groups is 1. The number of nitrogens with zero attached hydrogens (tertiary/aromatic N) is 3. The van der Waals surface area contributed by atoms with Crippen LogP contribution in [0.3, 0.4) is 0 Å². The lowest BCUT2D eigenvalue weighted by Crippen LogP contribution is -2.46. The first-order chi connectivity index (χ1) is 11.6. The topological polar surface area (TPSA) is 77.7 Å². The number of aryl methyl sites for hydroxylation is 1. The maximum Gasteiger partial charge on any atom is 0.257 e. The number of morpholine rings is 1. The first-order valence-corrected chi connectivity index (χ1v) is 8.04. The third kappa shape index (κ3) is 2.81. The maximum atomic E-state index is 12.9. The minimum Gasteiger partial charge on any atom is -0.372 e. The minimum absolute atomic E-state index is 0.0129. The van der Waals surface area contributed by atoms with E-state index in [2.05, 4.69) is 10.1 Å². The van der Waals surface area contributed by atoms with Gasteiger partial charge < -0.3 is 18.9 Å². The van der Waals surface area contributed by atoms with Gasteiger partial charge in [0.15, 0.2) is 11.9 Å². The molecule has 2 aliphatic rings. The van der Waals surface area contributed by atoms with Crippen LogP contribution in [0.2, 0.25) is 0 Å². The summed E-state index contributed by atoms with van der Waals surface area (Å²) in [7, 11) is 0. The lowest BCUT2D eigenvalue weighted by atomic mass is 10.0. The van der Waals surface area contributed by atoms with Crippen molar-refractivity contribution in [1.82, 2.24) is 15.0 Å². The van der Waals surface area contributed by atoms with E-state index in [1.54, 1.807) is 11.8 Å². The molecule has 2 aromatic rings. The molecule has 1 amide bonds. The van der Waals surface area contributed by atoms with E-state index in [0.29, 0.717) is 43.6 Å². The molecule has 0 saturated carbocycles. The quantitative estimate of drug-likeness (QED) is 0.839. The predicted molar refractivity (Wildman–Crippen MR) is 83.2 cm³/mol. The summed E-state index contributed by atoms with van der Waals surface area (Å²) in [6, 6.07) is 5.76. The van der Waals surface area contributed by atoms with Gasteiger partial charge in [-0.25, -0.2) is 0 Å². The van der Waals surface area contributed by atoms with Crippen LogP contribution < -0.4 is 0 Å². The second kappa shape index (κ2) is 5.99. The van der Waals surface area contributed by atoms with Gasteiger partial charge in [-0.05, 0) is 37.1 Å². The molecule has 1 saturated heterocycles. The van der Waals surface area contributed by atoms with Gasteiger partial charge >= 0.3 is 0 Å². The molecule has 0 unspecified atom stereocenters. The molecule has 4 rings (SSSR count). The Morgan fingerprint density at radius 1 is 1.25 bits per heavy atom. The smallest absolute Gasteiger partial charge is 0.257 e. The molecule has 0 radical (unpaired) electrons. The average molecular weight is 329 g/mol. The summed E-state index contributed by atoms with van der Waals surface area (Å²) < 4.78 is 16.5. The molecule has 2 atom stereocenters. The van der Waals surface area contributed by atoms with Gasteiger partial charge in [-0.1, -0.05) is 11.2 Å². The van der Waals surface area contributed by atoms with Crippen molar-refractivity contribution < 1.29 is 18.8 Å². The molecule has 126 valence electrons. The van der Waals surface area contributed by atoms with Crippen molar-refractivity contribution in [2.24, 2.45) is 0 Å². The molecule has 24 heavy (non-hydrogen) atoms. The monoisotopic (exact) mass is 329 g/mol. The molecular formula is C17H19N3O4. The van der Waals surface area contributed by atoms with Crippen molar-refractivity contribution in [2.45, 2.75) is 39.3 Å². The Kier molecular flexibility index (Phi) is 3.82. The van der Waals surface area contributed by atoms with E-state index in [1.165, 1.54) is 0 Å². The number of hydrogen-bond acceptors (Lipinski definition) is 6. The molecule has 1 aromatic heterocycles. The van der Waals surface area contributed by atoms with Gasteiger partial charge in [0.25, 0.3) is 11.8 Å². The molecule has 7 heteroatoms. The summed E-state index contributed by atoms with van der Waals surface area (Å²) in [5.74, 6) is 0.962. The van der Waals surface area contributed by atoms with E-state index in [1.807, 2.05) is 25.1 Å². The lowest BCUT2D eigenvalue weighted by molar-refractivity contribution is -0.0810. The Morgan fingerprint density at radius 3 is 2.88 bits per heavy atom. The fourth-order valence-electron chi connectivity index (χ4n) is 3.19. The number of ether oxygens (including phenoxy) is 2. The van der Waals surface area contributed by atoms with Crippen LogP contribution in [0.4, 0.5) is 0 Å². The van der Waals surface area contributed by atoms with Gasteiger partial charge in [0, 0.05) is 12.1 Å². The summed E-state index contributed by atoms with van der Waals surface area (Å²) in [6.07, 6.45) is -0.491. The zero-order valence-electron chi connectivity index (χ0n) is 13.7. The van der Waals surface area contributed by atoms with Gasteiger partial charge in [-0.3, -0.25) is 4.79 Å². The van der Waals surface area contributed by atoms with Crippen molar-refractivity contribution in [2.75, 3.05) is 13.1 Å². The van der Waals surface area contributed by atoms with E-state index in [0.717, 1.165) is 11.1 Å². The van der Waals surface area contributed by atoms with E-state index in [4.69, 9.17) is 14.0 Å². The maximum absolute atomic E-state index is 12.9. The number of aromatic nitrogens is 2. The predicted octanol–water partition coefficient (Wildman–Crippen LogP) is 2.01. The highest BCUT2D eigenvalue weighted by Crippen LogP contribution is 2.26. The van der Waals surface area contributed by atoms with Crippen LogP contribution in [0.5, 0.6) is 0 Å². The summed E-state index contributed by atoms with van der Waals surface area (Å²) in [4.78, 5) is 18.9. The summed E-state index contributed by atoms with van der Waals surface area (Å²) in [5, 5.41) is 3.80. The largest absolute Gasteiger partial charge is 0.372 e. The number of benzene rings is 1. The molecule has 0 bridgehead atoms. The highest BCUT2D eigenvalue weighted by Gasteiger charge is 2.33. The number of carbonyl (C=O) groups excluding carboxylic acids is 1.